The van der Waals surface area contributed by atoms with Crippen LogP contribution in [0.2, 0.25) is 5.02 Å². The molecule has 1 aliphatic heterocycles. The number of anilines is 1. The van der Waals surface area contributed by atoms with Crippen molar-refractivity contribution in [2.24, 2.45) is 7.05 Å². The molecule has 0 aliphatic carbocycles. The topological polar surface area (TPSA) is 50.6 Å². The van der Waals surface area contributed by atoms with Crippen LogP contribution in [0.5, 0.6) is 5.75 Å². The van der Waals surface area contributed by atoms with Gasteiger partial charge in [0.15, 0.2) is 0 Å². The smallest absolute Gasteiger partial charge is 0.272 e. The Kier molecular flexibility index (Phi) is 5.68. The van der Waals surface area contributed by atoms with Gasteiger partial charge in [0.1, 0.15) is 11.4 Å². The molecule has 0 saturated carbocycles. The first-order chi connectivity index (χ1) is 14.5. The maximum absolute atomic E-state index is 13.2. The Balaban J connectivity index is 1.48. The van der Waals surface area contributed by atoms with Crippen LogP contribution in [0.15, 0.2) is 48.5 Å². The molecular weight excluding hydrogens is 400 g/mol. The normalized spacial score (nSPS) is 14.1. The van der Waals surface area contributed by atoms with E-state index in [1.165, 1.54) is 5.56 Å². The lowest BCUT2D eigenvalue weighted by Gasteiger charge is -2.36. The fourth-order valence-corrected chi connectivity index (χ4v) is 3.99. The molecule has 7 heteroatoms. The number of methoxy groups -OCH3 is 1. The van der Waals surface area contributed by atoms with E-state index in [-0.39, 0.29) is 5.91 Å². The fourth-order valence-electron chi connectivity index (χ4n) is 3.83. The molecule has 4 rings (SSSR count). The number of rotatable bonds is 4. The van der Waals surface area contributed by atoms with Crippen molar-refractivity contribution in [1.29, 1.82) is 0 Å². The molecule has 1 aliphatic rings. The summed E-state index contributed by atoms with van der Waals surface area (Å²) in [7, 11) is 3.44. The number of carbonyl (C=O) groups excluding carboxylic acids is 1. The highest BCUT2D eigenvalue weighted by Gasteiger charge is 2.25. The Morgan fingerprint density at radius 1 is 1.07 bits per heavy atom. The number of hydrogen-bond donors (Lipinski definition) is 0. The second kappa shape index (κ2) is 8.40. The molecule has 6 nitrogen and oxygen atoms in total. The van der Waals surface area contributed by atoms with E-state index in [0.29, 0.717) is 18.8 Å². The molecule has 0 bridgehead atoms. The van der Waals surface area contributed by atoms with Gasteiger partial charge in [0.2, 0.25) is 0 Å². The van der Waals surface area contributed by atoms with Crippen LogP contribution in [-0.4, -0.2) is 53.9 Å². The highest BCUT2D eigenvalue weighted by molar-refractivity contribution is 6.30. The van der Waals surface area contributed by atoms with E-state index < -0.39 is 0 Å². The Morgan fingerprint density at radius 2 is 1.83 bits per heavy atom. The monoisotopic (exact) mass is 424 g/mol. The standard InChI is InChI=1S/C23H25ClN4O2/c1-16-7-8-18(24)14-21(16)27-9-11-28(12-10-27)23(29)22-15-20(25-26(22)2)17-5-4-6-19(13-17)30-3/h4-8,13-15H,9-12H2,1-3H3. The van der Waals surface area contributed by atoms with Gasteiger partial charge in [-0.1, -0.05) is 29.8 Å². The molecule has 30 heavy (non-hydrogen) atoms. The van der Waals surface area contributed by atoms with Gasteiger partial charge in [-0.3, -0.25) is 9.48 Å². The SMILES string of the molecule is COc1cccc(-c2cc(C(=O)N3CCN(c4cc(Cl)ccc4C)CC3)n(C)n2)c1. The summed E-state index contributed by atoms with van der Waals surface area (Å²) >= 11 is 6.18. The van der Waals surface area contributed by atoms with Crippen LogP contribution in [-0.2, 0) is 7.05 Å². The van der Waals surface area contributed by atoms with Crippen LogP contribution in [0.3, 0.4) is 0 Å². The third-order valence-corrected chi connectivity index (χ3v) is 5.78. The number of halogens is 1. The lowest BCUT2D eigenvalue weighted by Crippen LogP contribution is -2.49. The second-order valence-corrected chi connectivity index (χ2v) is 7.92. The Bertz CT molecular complexity index is 1070. The quantitative estimate of drug-likeness (QED) is 0.634. The number of benzene rings is 2. The van der Waals surface area contributed by atoms with Crippen LogP contribution in [0.4, 0.5) is 5.69 Å². The molecule has 2 aromatic carbocycles. The van der Waals surface area contributed by atoms with Gasteiger partial charge in [-0.15, -0.1) is 0 Å². The van der Waals surface area contributed by atoms with Gasteiger partial charge in [0, 0.05) is 49.5 Å². The largest absolute Gasteiger partial charge is 0.497 e. The highest BCUT2D eigenvalue weighted by atomic mass is 35.5. The van der Waals surface area contributed by atoms with E-state index in [2.05, 4.69) is 16.9 Å². The summed E-state index contributed by atoms with van der Waals surface area (Å²) in [6, 6.07) is 15.5. The summed E-state index contributed by atoms with van der Waals surface area (Å²) in [6.07, 6.45) is 0. The van der Waals surface area contributed by atoms with Gasteiger partial charge in [-0.25, -0.2) is 0 Å². The number of hydrogen-bond acceptors (Lipinski definition) is 4. The number of piperazine rings is 1. The van der Waals surface area contributed by atoms with Crippen LogP contribution >= 0.6 is 11.6 Å². The average molecular weight is 425 g/mol. The molecular formula is C23H25ClN4O2. The second-order valence-electron chi connectivity index (χ2n) is 7.48. The molecule has 3 aromatic rings. The maximum atomic E-state index is 13.2. The summed E-state index contributed by atoms with van der Waals surface area (Å²) in [4.78, 5) is 17.3. The summed E-state index contributed by atoms with van der Waals surface area (Å²) in [5.41, 5.74) is 4.59. The number of ether oxygens (including phenoxy) is 1. The van der Waals surface area contributed by atoms with Gasteiger partial charge >= 0.3 is 0 Å². The minimum absolute atomic E-state index is 0.00149. The lowest BCUT2D eigenvalue weighted by molar-refractivity contribution is 0.0735. The molecule has 1 amide bonds. The van der Waals surface area contributed by atoms with E-state index in [9.17, 15) is 4.79 Å². The average Bonchev–Trinajstić information content (AvgIpc) is 3.16. The summed E-state index contributed by atoms with van der Waals surface area (Å²) in [5, 5.41) is 5.28. The molecule has 0 N–H and O–H groups in total. The highest BCUT2D eigenvalue weighted by Crippen LogP contribution is 2.27. The number of amides is 1. The number of carbonyl (C=O) groups is 1. The van der Waals surface area contributed by atoms with E-state index in [4.69, 9.17) is 16.3 Å². The minimum atomic E-state index is 0.00149. The Labute approximate surface area is 181 Å². The van der Waals surface area contributed by atoms with Crippen LogP contribution < -0.4 is 9.64 Å². The van der Waals surface area contributed by atoms with E-state index in [0.717, 1.165) is 40.8 Å². The fraction of sp³-hybridized carbons (Fsp3) is 0.304. The Morgan fingerprint density at radius 3 is 2.57 bits per heavy atom. The minimum Gasteiger partial charge on any atom is -0.497 e. The van der Waals surface area contributed by atoms with Crippen molar-refractivity contribution < 1.29 is 9.53 Å². The number of aromatic nitrogens is 2. The zero-order chi connectivity index (χ0) is 21.3. The van der Waals surface area contributed by atoms with Crippen LogP contribution in [0.1, 0.15) is 16.1 Å². The van der Waals surface area contributed by atoms with Crippen LogP contribution in [0, 0.1) is 6.92 Å². The van der Waals surface area contributed by atoms with E-state index in [1.807, 2.05) is 60.5 Å². The van der Waals surface area contributed by atoms with Crippen molar-refractivity contribution >= 4 is 23.2 Å². The first-order valence-corrected chi connectivity index (χ1v) is 10.3. The van der Waals surface area contributed by atoms with Crippen LogP contribution in [0.25, 0.3) is 11.3 Å². The van der Waals surface area contributed by atoms with Crippen molar-refractivity contribution in [3.8, 4) is 17.0 Å². The van der Waals surface area contributed by atoms with Gasteiger partial charge in [0.05, 0.1) is 12.8 Å². The molecule has 0 atom stereocenters. The molecule has 1 fully saturated rings. The number of aryl methyl sites for hydroxylation is 2. The first-order valence-electron chi connectivity index (χ1n) is 9.95. The molecule has 1 aromatic heterocycles. The Hall–Kier alpha value is -2.99. The number of nitrogens with zero attached hydrogens (tertiary/aromatic N) is 4. The third-order valence-electron chi connectivity index (χ3n) is 5.54. The van der Waals surface area contributed by atoms with E-state index >= 15 is 0 Å². The molecule has 0 unspecified atom stereocenters. The van der Waals surface area contributed by atoms with Gasteiger partial charge < -0.3 is 14.5 Å². The van der Waals surface area contributed by atoms with E-state index in [1.54, 1.807) is 11.8 Å². The van der Waals surface area contributed by atoms with Crippen molar-refractivity contribution in [3.05, 3.63) is 64.8 Å². The molecule has 0 radical (unpaired) electrons. The van der Waals surface area contributed by atoms with Crippen molar-refractivity contribution in [2.75, 3.05) is 38.2 Å². The molecule has 0 spiro atoms. The van der Waals surface area contributed by atoms with Crippen molar-refractivity contribution in [2.45, 2.75) is 6.92 Å². The summed E-state index contributed by atoms with van der Waals surface area (Å²) in [5.74, 6) is 0.764. The van der Waals surface area contributed by atoms with Crippen molar-refractivity contribution in [3.63, 3.8) is 0 Å². The molecule has 156 valence electrons. The zero-order valence-corrected chi connectivity index (χ0v) is 18.2. The summed E-state index contributed by atoms with van der Waals surface area (Å²) in [6.45, 7) is 4.94. The molecule has 2 heterocycles. The zero-order valence-electron chi connectivity index (χ0n) is 17.4. The third kappa shape index (κ3) is 4.00. The van der Waals surface area contributed by atoms with Gasteiger partial charge in [-0.2, -0.15) is 5.10 Å². The summed E-state index contributed by atoms with van der Waals surface area (Å²) < 4.78 is 6.95. The first kappa shape index (κ1) is 20.3. The van der Waals surface area contributed by atoms with Gasteiger partial charge in [0.25, 0.3) is 5.91 Å². The maximum Gasteiger partial charge on any atom is 0.272 e. The van der Waals surface area contributed by atoms with Gasteiger partial charge in [-0.05, 0) is 42.8 Å². The van der Waals surface area contributed by atoms with Crippen molar-refractivity contribution in [1.82, 2.24) is 14.7 Å². The molecule has 1 saturated heterocycles. The lowest BCUT2D eigenvalue weighted by atomic mass is 10.1. The predicted octanol–water partition coefficient (Wildman–Crippen LogP) is 4.02. The predicted molar refractivity (Wildman–Crippen MR) is 120 cm³/mol.